The maximum atomic E-state index is 9.78. The molecule has 0 spiro atoms. The van der Waals surface area contributed by atoms with E-state index < -0.39 is 0 Å². The molecule has 0 bridgehead atoms. The number of hydrogen-bond donors (Lipinski definition) is 1. The van der Waals surface area contributed by atoms with E-state index in [1.54, 1.807) is 6.07 Å². The van der Waals surface area contributed by atoms with E-state index in [0.29, 0.717) is 5.75 Å². The van der Waals surface area contributed by atoms with Crippen molar-refractivity contribution in [3.8, 4) is 5.75 Å². The molecule has 0 radical (unpaired) electrons. The Morgan fingerprint density at radius 3 is 2.67 bits per heavy atom. The first-order chi connectivity index (χ1) is 8.84. The van der Waals surface area contributed by atoms with Crippen LogP contribution in [0.15, 0.2) is 30.5 Å². The van der Waals surface area contributed by atoms with Gasteiger partial charge in [-0.25, -0.2) is 0 Å². The number of benzene rings is 1. The van der Waals surface area contributed by atoms with E-state index in [4.69, 9.17) is 0 Å². The summed E-state index contributed by atoms with van der Waals surface area (Å²) in [5, 5.41) is 10.7. The number of likely N-dealkylation sites (tertiary alicyclic amines) is 1. The normalized spacial score (nSPS) is 17.3. The lowest BCUT2D eigenvalue weighted by atomic mass is 10.1. The van der Waals surface area contributed by atoms with Crippen LogP contribution in [0.25, 0.3) is 10.9 Å². The zero-order chi connectivity index (χ0) is 12.4. The van der Waals surface area contributed by atoms with Gasteiger partial charge < -0.3 is 14.6 Å². The minimum Gasteiger partial charge on any atom is -0.507 e. The average Bonchev–Trinajstić information content (AvgIpc) is 2.82. The molecular formula is C15H20N2O. The summed E-state index contributed by atoms with van der Waals surface area (Å²) in [6, 6.07) is 7.73. The lowest BCUT2D eigenvalue weighted by molar-refractivity contribution is 0.221. The smallest absolute Gasteiger partial charge is 0.124 e. The number of rotatable bonds is 3. The summed E-state index contributed by atoms with van der Waals surface area (Å²) in [6.45, 7) is 4.60. The standard InChI is InChI=1S/C15H20N2O/c18-15-6-4-5-14-13(15)7-10-17(14)12-11-16-8-2-1-3-9-16/h4-7,10,18H,1-3,8-9,11-12H2. The summed E-state index contributed by atoms with van der Waals surface area (Å²) >= 11 is 0. The van der Waals surface area contributed by atoms with Crippen molar-refractivity contribution in [2.45, 2.75) is 25.8 Å². The molecule has 3 nitrogen and oxygen atoms in total. The molecule has 1 aromatic carbocycles. The molecule has 96 valence electrons. The Labute approximate surface area is 108 Å². The van der Waals surface area contributed by atoms with Gasteiger partial charge in [-0.1, -0.05) is 12.5 Å². The highest BCUT2D eigenvalue weighted by molar-refractivity contribution is 5.86. The largest absolute Gasteiger partial charge is 0.507 e. The van der Waals surface area contributed by atoms with Crippen LogP contribution in [0.2, 0.25) is 0 Å². The zero-order valence-electron chi connectivity index (χ0n) is 10.7. The van der Waals surface area contributed by atoms with Crippen LogP contribution in [0.4, 0.5) is 0 Å². The Balaban J connectivity index is 1.72. The summed E-state index contributed by atoms with van der Waals surface area (Å²) in [5.74, 6) is 0.379. The molecule has 0 aliphatic carbocycles. The Morgan fingerprint density at radius 1 is 1.00 bits per heavy atom. The zero-order valence-corrected chi connectivity index (χ0v) is 10.7. The van der Waals surface area contributed by atoms with Gasteiger partial charge in [-0.15, -0.1) is 0 Å². The monoisotopic (exact) mass is 244 g/mol. The average molecular weight is 244 g/mol. The summed E-state index contributed by atoms with van der Waals surface area (Å²) in [6.07, 6.45) is 6.14. The van der Waals surface area contributed by atoms with Crippen LogP contribution in [-0.2, 0) is 6.54 Å². The molecule has 0 atom stereocenters. The van der Waals surface area contributed by atoms with Crippen LogP contribution in [-0.4, -0.2) is 34.2 Å². The van der Waals surface area contributed by atoms with Gasteiger partial charge in [0.25, 0.3) is 0 Å². The van der Waals surface area contributed by atoms with Crippen molar-refractivity contribution in [2.24, 2.45) is 0 Å². The molecule has 1 aliphatic heterocycles. The molecule has 3 rings (SSSR count). The van der Waals surface area contributed by atoms with Gasteiger partial charge in [0.15, 0.2) is 0 Å². The van der Waals surface area contributed by atoms with Crippen molar-refractivity contribution >= 4 is 10.9 Å². The van der Waals surface area contributed by atoms with Crippen molar-refractivity contribution in [3.63, 3.8) is 0 Å². The Morgan fingerprint density at radius 2 is 1.83 bits per heavy atom. The molecule has 1 fully saturated rings. The van der Waals surface area contributed by atoms with Crippen LogP contribution < -0.4 is 0 Å². The topological polar surface area (TPSA) is 28.4 Å². The van der Waals surface area contributed by atoms with Gasteiger partial charge in [-0.05, 0) is 44.1 Å². The van der Waals surface area contributed by atoms with Crippen LogP contribution >= 0.6 is 0 Å². The van der Waals surface area contributed by atoms with E-state index in [9.17, 15) is 5.11 Å². The molecular weight excluding hydrogens is 224 g/mol. The van der Waals surface area contributed by atoms with Gasteiger partial charge in [0.05, 0.1) is 5.52 Å². The first-order valence-electron chi connectivity index (χ1n) is 6.84. The van der Waals surface area contributed by atoms with Crippen LogP contribution in [0.1, 0.15) is 19.3 Å². The maximum Gasteiger partial charge on any atom is 0.124 e. The minimum absolute atomic E-state index is 0.379. The van der Waals surface area contributed by atoms with E-state index in [1.165, 1.54) is 32.4 Å². The van der Waals surface area contributed by atoms with Crippen molar-refractivity contribution < 1.29 is 5.11 Å². The van der Waals surface area contributed by atoms with E-state index >= 15 is 0 Å². The summed E-state index contributed by atoms with van der Waals surface area (Å²) in [5.41, 5.74) is 1.13. The second-order valence-electron chi connectivity index (χ2n) is 5.12. The number of aromatic hydroxyl groups is 1. The predicted octanol–water partition coefficient (Wildman–Crippen LogP) is 2.83. The van der Waals surface area contributed by atoms with E-state index in [1.807, 2.05) is 12.1 Å². The molecule has 2 heterocycles. The second-order valence-corrected chi connectivity index (χ2v) is 5.12. The Bertz CT molecular complexity index is 526. The minimum atomic E-state index is 0.379. The highest BCUT2D eigenvalue weighted by atomic mass is 16.3. The third kappa shape index (κ3) is 2.23. The van der Waals surface area contributed by atoms with Gasteiger partial charge in [0.2, 0.25) is 0 Å². The van der Waals surface area contributed by atoms with Crippen LogP contribution in [0, 0.1) is 0 Å². The molecule has 3 heteroatoms. The number of piperidine rings is 1. The van der Waals surface area contributed by atoms with Crippen molar-refractivity contribution in [2.75, 3.05) is 19.6 Å². The molecule has 18 heavy (non-hydrogen) atoms. The second kappa shape index (κ2) is 5.02. The molecule has 0 saturated carbocycles. The van der Waals surface area contributed by atoms with Crippen LogP contribution in [0.3, 0.4) is 0 Å². The maximum absolute atomic E-state index is 9.78. The molecule has 2 aromatic rings. The molecule has 0 amide bonds. The fourth-order valence-corrected chi connectivity index (χ4v) is 2.83. The molecule has 1 aliphatic rings. The van der Waals surface area contributed by atoms with Crippen molar-refractivity contribution in [1.29, 1.82) is 0 Å². The number of aromatic nitrogens is 1. The number of phenolic OH excluding ortho intramolecular Hbond substituents is 1. The number of nitrogens with zero attached hydrogens (tertiary/aromatic N) is 2. The van der Waals surface area contributed by atoms with Gasteiger partial charge in [0, 0.05) is 24.7 Å². The lowest BCUT2D eigenvalue weighted by Crippen LogP contribution is -2.32. The predicted molar refractivity (Wildman–Crippen MR) is 73.9 cm³/mol. The molecule has 1 N–H and O–H groups in total. The third-order valence-electron chi connectivity index (χ3n) is 3.90. The fourth-order valence-electron chi connectivity index (χ4n) is 2.83. The number of phenols is 1. The van der Waals surface area contributed by atoms with Gasteiger partial charge in [-0.2, -0.15) is 0 Å². The first-order valence-corrected chi connectivity index (χ1v) is 6.84. The summed E-state index contributed by atoms with van der Waals surface area (Å²) in [4.78, 5) is 2.54. The summed E-state index contributed by atoms with van der Waals surface area (Å²) in [7, 11) is 0. The number of fused-ring (bicyclic) bond motifs is 1. The van der Waals surface area contributed by atoms with Crippen molar-refractivity contribution in [3.05, 3.63) is 30.5 Å². The molecule has 1 saturated heterocycles. The quantitative estimate of drug-likeness (QED) is 0.899. The Kier molecular flexibility index (Phi) is 3.24. The highest BCUT2D eigenvalue weighted by Gasteiger charge is 2.10. The van der Waals surface area contributed by atoms with Gasteiger partial charge in [-0.3, -0.25) is 0 Å². The van der Waals surface area contributed by atoms with Gasteiger partial charge >= 0.3 is 0 Å². The van der Waals surface area contributed by atoms with E-state index in [-0.39, 0.29) is 0 Å². The van der Waals surface area contributed by atoms with E-state index in [2.05, 4.69) is 21.7 Å². The molecule has 0 unspecified atom stereocenters. The highest BCUT2D eigenvalue weighted by Crippen LogP contribution is 2.25. The Hall–Kier alpha value is -1.48. The lowest BCUT2D eigenvalue weighted by Gasteiger charge is -2.26. The fraction of sp³-hybridized carbons (Fsp3) is 0.467. The van der Waals surface area contributed by atoms with Gasteiger partial charge in [0.1, 0.15) is 5.75 Å². The molecule has 1 aromatic heterocycles. The van der Waals surface area contributed by atoms with E-state index in [0.717, 1.165) is 24.0 Å². The number of hydrogen-bond acceptors (Lipinski definition) is 2. The van der Waals surface area contributed by atoms with Crippen molar-refractivity contribution in [1.82, 2.24) is 9.47 Å². The third-order valence-corrected chi connectivity index (χ3v) is 3.90. The summed E-state index contributed by atoms with van der Waals surface area (Å²) < 4.78 is 2.24. The SMILES string of the molecule is Oc1cccc2c1ccn2CCN1CCCCC1. The first kappa shape index (κ1) is 11.6. The van der Waals surface area contributed by atoms with Crippen LogP contribution in [0.5, 0.6) is 5.75 Å².